The number of hydrogen-bond acceptors (Lipinski definition) is 3. The SMILES string of the molecule is C=C(c1cc(NCc2c(C)cccc2C)c2nc(C)c(C)n2c1)N1CC2(CCC2)C1. The minimum absolute atomic E-state index is 0.595. The van der Waals surface area contributed by atoms with Gasteiger partial charge in [0, 0.05) is 48.2 Å². The van der Waals surface area contributed by atoms with Crippen LogP contribution >= 0.6 is 0 Å². The van der Waals surface area contributed by atoms with Crippen molar-refractivity contribution in [3.05, 3.63) is 70.7 Å². The average molecular weight is 401 g/mol. The van der Waals surface area contributed by atoms with Crippen LogP contribution in [0.5, 0.6) is 0 Å². The van der Waals surface area contributed by atoms with E-state index < -0.39 is 0 Å². The van der Waals surface area contributed by atoms with Crippen molar-refractivity contribution in [2.75, 3.05) is 18.4 Å². The maximum Gasteiger partial charge on any atom is 0.160 e. The van der Waals surface area contributed by atoms with Gasteiger partial charge in [-0.3, -0.25) is 0 Å². The lowest BCUT2D eigenvalue weighted by atomic mass is 9.63. The topological polar surface area (TPSA) is 32.6 Å². The summed E-state index contributed by atoms with van der Waals surface area (Å²) in [5.41, 5.74) is 11.2. The third kappa shape index (κ3) is 3.01. The van der Waals surface area contributed by atoms with Gasteiger partial charge in [-0.05, 0) is 63.3 Å². The van der Waals surface area contributed by atoms with Gasteiger partial charge in [0.1, 0.15) is 0 Å². The summed E-state index contributed by atoms with van der Waals surface area (Å²) >= 11 is 0. The van der Waals surface area contributed by atoms with Gasteiger partial charge in [-0.1, -0.05) is 31.2 Å². The average Bonchev–Trinajstić information content (AvgIpc) is 2.93. The molecule has 30 heavy (non-hydrogen) atoms. The Hall–Kier alpha value is -2.75. The van der Waals surface area contributed by atoms with E-state index in [1.165, 1.54) is 47.2 Å². The molecule has 2 aromatic heterocycles. The van der Waals surface area contributed by atoms with Crippen LogP contribution in [0.25, 0.3) is 11.3 Å². The van der Waals surface area contributed by atoms with E-state index in [1.807, 2.05) is 0 Å². The van der Waals surface area contributed by atoms with Gasteiger partial charge in [0.25, 0.3) is 0 Å². The van der Waals surface area contributed by atoms with Crippen LogP contribution in [0.1, 0.15) is 52.9 Å². The van der Waals surface area contributed by atoms with Crippen LogP contribution in [-0.4, -0.2) is 27.4 Å². The van der Waals surface area contributed by atoms with Crippen LogP contribution in [0, 0.1) is 33.1 Å². The number of rotatable bonds is 5. The van der Waals surface area contributed by atoms with E-state index in [0.29, 0.717) is 5.41 Å². The Morgan fingerprint density at radius 2 is 1.83 bits per heavy atom. The first-order chi connectivity index (χ1) is 14.4. The summed E-state index contributed by atoms with van der Waals surface area (Å²) in [6.45, 7) is 16.2. The molecule has 2 aliphatic rings. The Bertz CT molecular complexity index is 1120. The van der Waals surface area contributed by atoms with Crippen LogP contribution in [0.15, 0.2) is 37.0 Å². The quantitative estimate of drug-likeness (QED) is 0.602. The second-order valence-corrected chi connectivity index (χ2v) is 9.50. The Morgan fingerprint density at radius 1 is 1.13 bits per heavy atom. The molecule has 4 nitrogen and oxygen atoms in total. The summed E-state index contributed by atoms with van der Waals surface area (Å²) in [5.74, 6) is 0. The van der Waals surface area contributed by atoms with E-state index in [0.717, 1.165) is 42.4 Å². The molecule has 1 aromatic carbocycles. The summed E-state index contributed by atoms with van der Waals surface area (Å²) in [7, 11) is 0. The number of aromatic nitrogens is 2. The Balaban J connectivity index is 1.47. The number of anilines is 1. The van der Waals surface area contributed by atoms with E-state index in [9.17, 15) is 0 Å². The van der Waals surface area contributed by atoms with Crippen molar-refractivity contribution >= 4 is 17.0 Å². The molecular formula is C26H32N4. The number of pyridine rings is 1. The molecule has 1 N–H and O–H groups in total. The van der Waals surface area contributed by atoms with Gasteiger partial charge < -0.3 is 14.6 Å². The van der Waals surface area contributed by atoms with Gasteiger partial charge in [0.05, 0.1) is 11.4 Å². The number of aryl methyl sites for hydroxylation is 4. The molecule has 0 atom stereocenters. The third-order valence-corrected chi connectivity index (χ3v) is 7.48. The fraction of sp³-hybridized carbons (Fsp3) is 0.423. The zero-order valence-electron chi connectivity index (χ0n) is 18.7. The van der Waals surface area contributed by atoms with E-state index in [-0.39, 0.29) is 0 Å². The molecule has 3 heterocycles. The summed E-state index contributed by atoms with van der Waals surface area (Å²) in [5, 5.41) is 3.69. The predicted molar refractivity (Wildman–Crippen MR) is 125 cm³/mol. The molecule has 1 aliphatic carbocycles. The van der Waals surface area contributed by atoms with Crippen molar-refractivity contribution < 1.29 is 0 Å². The van der Waals surface area contributed by atoms with Crippen molar-refractivity contribution in [3.63, 3.8) is 0 Å². The van der Waals surface area contributed by atoms with E-state index in [2.05, 4.69) is 79.4 Å². The maximum atomic E-state index is 4.85. The molecule has 5 rings (SSSR count). The molecule has 1 aliphatic heterocycles. The number of nitrogens with one attached hydrogen (secondary N) is 1. The van der Waals surface area contributed by atoms with Crippen LogP contribution in [0.3, 0.4) is 0 Å². The highest BCUT2D eigenvalue weighted by atomic mass is 15.2. The van der Waals surface area contributed by atoms with E-state index in [4.69, 9.17) is 4.98 Å². The Morgan fingerprint density at radius 3 is 2.47 bits per heavy atom. The highest BCUT2D eigenvalue weighted by molar-refractivity contribution is 5.75. The highest BCUT2D eigenvalue weighted by Gasteiger charge is 2.47. The predicted octanol–water partition coefficient (Wildman–Crippen LogP) is 5.64. The standard InChI is InChI=1S/C26H32N4/c1-17-8-6-9-18(2)23(17)13-27-24-12-22(14-30-20(4)19(3)28-25(24)30)21(5)29-15-26(16-29)10-7-11-26/h6,8-9,12,14,27H,5,7,10-11,13,15-16H2,1-4H3. The molecule has 2 fully saturated rings. The van der Waals surface area contributed by atoms with Crippen molar-refractivity contribution in [2.24, 2.45) is 5.41 Å². The summed E-state index contributed by atoms with van der Waals surface area (Å²) < 4.78 is 2.22. The summed E-state index contributed by atoms with van der Waals surface area (Å²) in [6, 6.07) is 8.73. The summed E-state index contributed by atoms with van der Waals surface area (Å²) in [4.78, 5) is 7.30. The largest absolute Gasteiger partial charge is 0.378 e. The molecule has 0 radical (unpaired) electrons. The third-order valence-electron chi connectivity index (χ3n) is 7.48. The van der Waals surface area contributed by atoms with Gasteiger partial charge in [0.2, 0.25) is 0 Å². The van der Waals surface area contributed by atoms with E-state index >= 15 is 0 Å². The molecule has 1 saturated heterocycles. The fourth-order valence-corrected chi connectivity index (χ4v) is 5.10. The zero-order valence-corrected chi connectivity index (χ0v) is 18.7. The lowest BCUT2D eigenvalue weighted by Crippen LogP contribution is -2.58. The Labute approximate surface area is 179 Å². The van der Waals surface area contributed by atoms with Gasteiger partial charge in [-0.25, -0.2) is 4.98 Å². The molecule has 1 saturated carbocycles. The van der Waals surface area contributed by atoms with Crippen LogP contribution in [0.2, 0.25) is 0 Å². The van der Waals surface area contributed by atoms with E-state index in [1.54, 1.807) is 0 Å². The molecule has 0 unspecified atom stereocenters. The number of imidazole rings is 1. The first-order valence-electron chi connectivity index (χ1n) is 11.1. The summed E-state index contributed by atoms with van der Waals surface area (Å²) in [6.07, 6.45) is 6.38. The van der Waals surface area contributed by atoms with Crippen molar-refractivity contribution in [2.45, 2.75) is 53.5 Å². The minimum atomic E-state index is 0.595. The molecule has 156 valence electrons. The second-order valence-electron chi connectivity index (χ2n) is 9.50. The van der Waals surface area contributed by atoms with Crippen molar-refractivity contribution in [1.29, 1.82) is 0 Å². The normalized spacial score (nSPS) is 17.1. The Kier molecular flexibility index (Phi) is 4.42. The van der Waals surface area contributed by atoms with Gasteiger partial charge in [-0.15, -0.1) is 0 Å². The molecule has 3 aromatic rings. The van der Waals surface area contributed by atoms with Crippen LogP contribution in [-0.2, 0) is 6.54 Å². The lowest BCUT2D eigenvalue weighted by molar-refractivity contribution is -0.0232. The lowest BCUT2D eigenvalue weighted by Gasteiger charge is -2.57. The zero-order chi connectivity index (χ0) is 21.0. The number of benzene rings is 1. The number of likely N-dealkylation sites (tertiary alicyclic amines) is 1. The smallest absolute Gasteiger partial charge is 0.160 e. The fourth-order valence-electron chi connectivity index (χ4n) is 5.10. The molecule has 0 bridgehead atoms. The molecule has 4 heteroatoms. The highest BCUT2D eigenvalue weighted by Crippen LogP contribution is 2.50. The van der Waals surface area contributed by atoms with Gasteiger partial charge >= 0.3 is 0 Å². The maximum absolute atomic E-state index is 4.85. The van der Waals surface area contributed by atoms with Crippen LogP contribution < -0.4 is 5.32 Å². The van der Waals surface area contributed by atoms with Crippen LogP contribution in [0.4, 0.5) is 5.69 Å². The van der Waals surface area contributed by atoms with Crippen molar-refractivity contribution in [1.82, 2.24) is 14.3 Å². The molecule has 0 amide bonds. The number of nitrogens with zero attached hydrogens (tertiary/aromatic N) is 3. The monoisotopic (exact) mass is 400 g/mol. The minimum Gasteiger partial charge on any atom is -0.378 e. The van der Waals surface area contributed by atoms with Gasteiger partial charge in [0.15, 0.2) is 5.65 Å². The van der Waals surface area contributed by atoms with Crippen molar-refractivity contribution in [3.8, 4) is 0 Å². The molecule has 1 spiro atoms. The first-order valence-corrected chi connectivity index (χ1v) is 11.1. The number of fused-ring (bicyclic) bond motifs is 1. The van der Waals surface area contributed by atoms with Gasteiger partial charge in [-0.2, -0.15) is 0 Å². The molecular weight excluding hydrogens is 368 g/mol. The first kappa shape index (κ1) is 19.2. The second kappa shape index (κ2) is 6.90. The number of hydrogen-bond donors (Lipinski definition) is 1.